The van der Waals surface area contributed by atoms with Gasteiger partial charge in [0.15, 0.2) is 0 Å². The summed E-state index contributed by atoms with van der Waals surface area (Å²) in [6, 6.07) is 10.4. The molecule has 1 atom stereocenters. The molecule has 2 aromatic rings. The van der Waals surface area contributed by atoms with E-state index >= 15 is 0 Å². The number of amides is 1. The van der Waals surface area contributed by atoms with E-state index in [0.717, 1.165) is 68.9 Å². The maximum atomic E-state index is 12.5. The molecule has 5 nitrogen and oxygen atoms in total. The number of anilines is 1. The number of aryl methyl sites for hydroxylation is 2. The second kappa shape index (κ2) is 8.51. The first-order valence-corrected chi connectivity index (χ1v) is 10.2. The first kappa shape index (κ1) is 18.0. The van der Waals surface area contributed by atoms with E-state index in [0.29, 0.717) is 0 Å². The molecule has 5 heteroatoms. The molecule has 1 aromatic carbocycles. The lowest BCUT2D eigenvalue weighted by Gasteiger charge is -2.24. The van der Waals surface area contributed by atoms with Crippen LogP contribution in [-0.4, -0.2) is 35.5 Å². The molecule has 0 saturated carbocycles. The Morgan fingerprint density at radius 1 is 1.19 bits per heavy atom. The number of carbonyl (C=O) groups excluding carboxylic acids is 1. The summed E-state index contributed by atoms with van der Waals surface area (Å²) in [5.41, 5.74) is 3.61. The van der Waals surface area contributed by atoms with Crippen LogP contribution in [0.5, 0.6) is 0 Å². The molecule has 27 heavy (non-hydrogen) atoms. The number of nitrogens with one attached hydrogen (secondary N) is 1. The van der Waals surface area contributed by atoms with Gasteiger partial charge in [0.25, 0.3) is 0 Å². The monoisotopic (exact) mass is 364 g/mol. The van der Waals surface area contributed by atoms with Crippen molar-refractivity contribution >= 4 is 11.9 Å². The highest BCUT2D eigenvalue weighted by Gasteiger charge is 2.26. The van der Waals surface area contributed by atoms with Gasteiger partial charge in [0.1, 0.15) is 0 Å². The van der Waals surface area contributed by atoms with E-state index in [4.69, 9.17) is 4.98 Å². The molecule has 0 bridgehead atoms. The maximum Gasteiger partial charge on any atom is 0.225 e. The molecule has 0 spiro atoms. The number of hydrogen-bond donors (Lipinski definition) is 1. The van der Waals surface area contributed by atoms with E-state index in [2.05, 4.69) is 39.5 Å². The number of benzene rings is 1. The summed E-state index contributed by atoms with van der Waals surface area (Å²) < 4.78 is 0. The van der Waals surface area contributed by atoms with Crippen LogP contribution in [-0.2, 0) is 24.1 Å². The van der Waals surface area contributed by atoms with E-state index < -0.39 is 0 Å². The van der Waals surface area contributed by atoms with Crippen LogP contribution in [0.15, 0.2) is 36.5 Å². The third-order valence-electron chi connectivity index (χ3n) is 5.68. The molecule has 142 valence electrons. The second-order valence-corrected chi connectivity index (χ2v) is 7.66. The molecule has 2 aliphatic rings. The molecule has 2 heterocycles. The molecule has 1 aliphatic carbocycles. The van der Waals surface area contributed by atoms with E-state index in [1.54, 1.807) is 0 Å². The third-order valence-corrected chi connectivity index (χ3v) is 5.68. The Bertz CT molecular complexity index is 771. The molecule has 1 aliphatic heterocycles. The number of carbonyl (C=O) groups is 1. The highest BCUT2D eigenvalue weighted by Crippen LogP contribution is 2.26. The average molecular weight is 364 g/mol. The molecule has 1 amide bonds. The van der Waals surface area contributed by atoms with Gasteiger partial charge >= 0.3 is 0 Å². The Kier molecular flexibility index (Phi) is 5.66. The molecule has 0 radical (unpaired) electrons. The lowest BCUT2D eigenvalue weighted by atomic mass is 9.86. The van der Waals surface area contributed by atoms with Crippen LogP contribution in [0.2, 0.25) is 0 Å². The number of aromatic nitrogens is 2. The van der Waals surface area contributed by atoms with Crippen LogP contribution in [0.3, 0.4) is 0 Å². The first-order valence-electron chi connectivity index (χ1n) is 10.2. The van der Waals surface area contributed by atoms with Crippen LogP contribution in [0.4, 0.5) is 5.95 Å². The summed E-state index contributed by atoms with van der Waals surface area (Å²) in [5, 5.41) is 3.12. The SMILES string of the molecule is O=C(NCCCc1ccccc1)C1CCc2nc(N3CCCC3)ncc2C1. The van der Waals surface area contributed by atoms with Crippen LogP contribution >= 0.6 is 0 Å². The van der Waals surface area contributed by atoms with Gasteiger partial charge in [-0.2, -0.15) is 0 Å². The third kappa shape index (κ3) is 4.46. The Morgan fingerprint density at radius 3 is 2.81 bits per heavy atom. The van der Waals surface area contributed by atoms with Gasteiger partial charge in [-0.05, 0) is 56.1 Å². The smallest absolute Gasteiger partial charge is 0.225 e. The minimum atomic E-state index is 0.0514. The fourth-order valence-electron chi connectivity index (χ4n) is 4.08. The van der Waals surface area contributed by atoms with E-state index in [9.17, 15) is 4.79 Å². The summed E-state index contributed by atoms with van der Waals surface area (Å²) in [7, 11) is 0. The zero-order valence-electron chi connectivity index (χ0n) is 15.9. The van der Waals surface area contributed by atoms with Gasteiger partial charge < -0.3 is 10.2 Å². The maximum absolute atomic E-state index is 12.5. The highest BCUT2D eigenvalue weighted by atomic mass is 16.1. The summed E-state index contributed by atoms with van der Waals surface area (Å²) in [6.45, 7) is 2.86. The molecule has 1 fully saturated rings. The van der Waals surface area contributed by atoms with Gasteiger partial charge in [-0.3, -0.25) is 4.79 Å². The lowest BCUT2D eigenvalue weighted by molar-refractivity contribution is -0.125. The van der Waals surface area contributed by atoms with Crippen molar-refractivity contribution in [3.63, 3.8) is 0 Å². The highest BCUT2D eigenvalue weighted by molar-refractivity contribution is 5.79. The number of hydrogen-bond acceptors (Lipinski definition) is 4. The van der Waals surface area contributed by atoms with Crippen LogP contribution in [0.1, 0.15) is 42.5 Å². The zero-order valence-corrected chi connectivity index (χ0v) is 15.9. The molecule has 1 N–H and O–H groups in total. The minimum absolute atomic E-state index is 0.0514. The fraction of sp³-hybridized carbons (Fsp3) is 0.500. The Hall–Kier alpha value is -2.43. The lowest BCUT2D eigenvalue weighted by Crippen LogP contribution is -2.35. The standard InChI is InChI=1S/C22H28N4O/c27-21(23-12-6-9-17-7-2-1-3-8-17)18-10-11-20-19(15-18)16-24-22(25-20)26-13-4-5-14-26/h1-3,7-8,16,18H,4-6,9-15H2,(H,23,27). The topological polar surface area (TPSA) is 58.1 Å². The first-order chi connectivity index (χ1) is 13.3. The van der Waals surface area contributed by atoms with Gasteiger partial charge in [0, 0.05) is 37.4 Å². The Balaban J connectivity index is 1.26. The zero-order chi connectivity index (χ0) is 18.5. The van der Waals surface area contributed by atoms with Crippen molar-refractivity contribution in [1.29, 1.82) is 0 Å². The van der Waals surface area contributed by atoms with Gasteiger partial charge in [0.2, 0.25) is 11.9 Å². The molecule has 4 rings (SSSR count). The molecule has 1 saturated heterocycles. The Morgan fingerprint density at radius 2 is 2.00 bits per heavy atom. The van der Waals surface area contributed by atoms with E-state index in [1.165, 1.54) is 18.4 Å². The van der Waals surface area contributed by atoms with Crippen LogP contribution < -0.4 is 10.2 Å². The molecular formula is C22H28N4O. The number of fused-ring (bicyclic) bond motifs is 1. The number of nitrogens with zero attached hydrogens (tertiary/aromatic N) is 3. The predicted molar refractivity (Wildman–Crippen MR) is 107 cm³/mol. The van der Waals surface area contributed by atoms with Crippen molar-refractivity contribution in [3.05, 3.63) is 53.3 Å². The summed E-state index contributed by atoms with van der Waals surface area (Å²) >= 11 is 0. The molecule has 1 aromatic heterocycles. The van der Waals surface area contributed by atoms with Crippen molar-refractivity contribution in [2.24, 2.45) is 5.92 Å². The van der Waals surface area contributed by atoms with Crippen LogP contribution in [0, 0.1) is 5.92 Å². The van der Waals surface area contributed by atoms with E-state index in [-0.39, 0.29) is 11.8 Å². The van der Waals surface area contributed by atoms with Gasteiger partial charge in [-0.25, -0.2) is 9.97 Å². The van der Waals surface area contributed by atoms with Crippen molar-refractivity contribution in [2.75, 3.05) is 24.5 Å². The normalized spacial score (nSPS) is 19.0. The quantitative estimate of drug-likeness (QED) is 0.801. The van der Waals surface area contributed by atoms with Gasteiger partial charge in [-0.1, -0.05) is 30.3 Å². The minimum Gasteiger partial charge on any atom is -0.356 e. The van der Waals surface area contributed by atoms with E-state index in [1.807, 2.05) is 12.3 Å². The number of rotatable bonds is 6. The fourth-order valence-corrected chi connectivity index (χ4v) is 4.08. The Labute approximate surface area is 161 Å². The van der Waals surface area contributed by atoms with Crippen LogP contribution in [0.25, 0.3) is 0 Å². The average Bonchev–Trinajstić information content (AvgIpc) is 3.26. The van der Waals surface area contributed by atoms with Crippen molar-refractivity contribution < 1.29 is 4.79 Å². The van der Waals surface area contributed by atoms with Gasteiger partial charge in [-0.15, -0.1) is 0 Å². The second-order valence-electron chi connectivity index (χ2n) is 7.66. The molecular weight excluding hydrogens is 336 g/mol. The summed E-state index contributed by atoms with van der Waals surface area (Å²) in [6.07, 6.45) is 8.91. The molecule has 1 unspecified atom stereocenters. The van der Waals surface area contributed by atoms with Gasteiger partial charge in [0.05, 0.1) is 0 Å². The summed E-state index contributed by atoms with van der Waals surface area (Å²) in [4.78, 5) is 24.1. The summed E-state index contributed by atoms with van der Waals surface area (Å²) in [5.74, 6) is 1.10. The predicted octanol–water partition coefficient (Wildman–Crippen LogP) is 2.93. The largest absolute Gasteiger partial charge is 0.356 e. The van der Waals surface area contributed by atoms with Crippen molar-refractivity contribution in [1.82, 2.24) is 15.3 Å². The van der Waals surface area contributed by atoms with Crippen molar-refractivity contribution in [2.45, 2.75) is 44.9 Å². The van der Waals surface area contributed by atoms with Crippen molar-refractivity contribution in [3.8, 4) is 0 Å².